The van der Waals surface area contributed by atoms with Gasteiger partial charge in [-0.25, -0.2) is 4.79 Å². The smallest absolute Gasteiger partial charge is 0.493 e. The van der Waals surface area contributed by atoms with Crippen molar-refractivity contribution in [3.05, 3.63) is 23.8 Å². The Morgan fingerprint density at radius 3 is 2.77 bits per heavy atom. The summed E-state index contributed by atoms with van der Waals surface area (Å²) in [6.07, 6.45) is 2.39. The second-order valence-electron chi connectivity index (χ2n) is 4.86. The number of carboxylic acid groups (broad SMARTS) is 1. The maximum absolute atomic E-state index is 10.7. The molecule has 0 spiro atoms. The van der Waals surface area contributed by atoms with Crippen molar-refractivity contribution in [2.75, 3.05) is 20.8 Å². The second-order valence-corrected chi connectivity index (χ2v) is 4.86. The van der Waals surface area contributed by atoms with Gasteiger partial charge in [-0.05, 0) is 36.6 Å². The molecule has 1 fully saturated rings. The molecule has 0 aromatic heterocycles. The second kappa shape index (κ2) is 7.53. The summed E-state index contributed by atoms with van der Waals surface area (Å²) < 4.78 is 15.3. The molecule has 0 amide bonds. The third-order valence-electron chi connectivity index (χ3n) is 3.42. The summed E-state index contributed by atoms with van der Waals surface area (Å²) in [7, 11) is 3.15. The van der Waals surface area contributed by atoms with Crippen LogP contribution >= 0.6 is 0 Å². The molecule has 1 atom stereocenters. The number of benzene rings is 1. The average molecular weight is 308 g/mol. The molecular formula is C15H20N2O5. The molecular weight excluding hydrogens is 288 g/mol. The summed E-state index contributed by atoms with van der Waals surface area (Å²) in [5.74, 6) is 1.26. The van der Waals surface area contributed by atoms with Gasteiger partial charge < -0.3 is 19.3 Å². The van der Waals surface area contributed by atoms with Crippen LogP contribution in [0.5, 0.6) is 11.5 Å². The Balaban J connectivity index is 2.10. The third kappa shape index (κ3) is 4.03. The average Bonchev–Trinajstić information content (AvgIpc) is 2.53. The molecule has 0 saturated carbocycles. The zero-order valence-corrected chi connectivity index (χ0v) is 12.7. The van der Waals surface area contributed by atoms with Crippen LogP contribution in [0, 0.1) is 0 Å². The van der Waals surface area contributed by atoms with Crippen LogP contribution in [0.2, 0.25) is 0 Å². The highest BCUT2D eigenvalue weighted by Gasteiger charge is 2.24. The fourth-order valence-corrected chi connectivity index (χ4v) is 2.33. The standard InChI is InChI=1S/C15H20N2O5/c1-20-12-7-6-11(9-13(12)21-2)10-16-17-8-4-3-5-14(17)22-15(18)19/h6-7,9-10,14H,3-5,8H2,1-2H3,(H,18,19)/b16-10+. The summed E-state index contributed by atoms with van der Waals surface area (Å²) in [4.78, 5) is 10.7. The van der Waals surface area contributed by atoms with Gasteiger partial charge in [0, 0.05) is 13.0 Å². The lowest BCUT2D eigenvalue weighted by Crippen LogP contribution is -2.38. The molecule has 1 unspecified atom stereocenters. The van der Waals surface area contributed by atoms with Crippen molar-refractivity contribution in [1.29, 1.82) is 0 Å². The lowest BCUT2D eigenvalue weighted by atomic mass is 10.1. The monoisotopic (exact) mass is 308 g/mol. The topological polar surface area (TPSA) is 80.6 Å². The molecule has 0 bridgehead atoms. The summed E-state index contributed by atoms with van der Waals surface area (Å²) in [5, 5.41) is 14.8. The molecule has 1 aliphatic rings. The van der Waals surface area contributed by atoms with Crippen LogP contribution < -0.4 is 9.47 Å². The van der Waals surface area contributed by atoms with Gasteiger partial charge in [0.15, 0.2) is 17.7 Å². The quantitative estimate of drug-likeness (QED) is 0.665. The molecule has 120 valence electrons. The SMILES string of the molecule is COc1ccc(/C=N/N2CCCCC2OC(=O)O)cc1OC. The molecule has 1 heterocycles. The van der Waals surface area contributed by atoms with Crippen LogP contribution in [0.4, 0.5) is 4.79 Å². The van der Waals surface area contributed by atoms with Crippen molar-refractivity contribution < 1.29 is 24.1 Å². The summed E-state index contributed by atoms with van der Waals surface area (Å²) in [6, 6.07) is 5.45. The normalized spacial score (nSPS) is 18.3. The summed E-state index contributed by atoms with van der Waals surface area (Å²) >= 11 is 0. The fourth-order valence-electron chi connectivity index (χ4n) is 2.33. The highest BCUT2D eigenvalue weighted by molar-refractivity contribution is 5.80. The largest absolute Gasteiger partial charge is 0.507 e. The maximum atomic E-state index is 10.7. The Morgan fingerprint density at radius 1 is 1.32 bits per heavy atom. The van der Waals surface area contributed by atoms with E-state index in [1.165, 1.54) is 0 Å². The van der Waals surface area contributed by atoms with E-state index in [1.54, 1.807) is 37.6 Å². The van der Waals surface area contributed by atoms with Crippen LogP contribution in [-0.4, -0.2) is 49.5 Å². The zero-order chi connectivity index (χ0) is 15.9. The highest BCUT2D eigenvalue weighted by Crippen LogP contribution is 2.27. The van der Waals surface area contributed by atoms with Crippen molar-refractivity contribution in [2.24, 2.45) is 5.10 Å². The van der Waals surface area contributed by atoms with Crippen molar-refractivity contribution in [3.63, 3.8) is 0 Å². The molecule has 7 heteroatoms. The Bertz CT molecular complexity index is 547. The lowest BCUT2D eigenvalue weighted by Gasteiger charge is -2.31. The van der Waals surface area contributed by atoms with Crippen LogP contribution in [0.1, 0.15) is 24.8 Å². The van der Waals surface area contributed by atoms with E-state index in [0.29, 0.717) is 24.5 Å². The van der Waals surface area contributed by atoms with Crippen molar-refractivity contribution in [2.45, 2.75) is 25.5 Å². The Morgan fingerprint density at radius 2 is 2.09 bits per heavy atom. The first-order valence-corrected chi connectivity index (χ1v) is 7.06. The van der Waals surface area contributed by atoms with Gasteiger partial charge in [-0.2, -0.15) is 5.10 Å². The molecule has 1 N–H and O–H groups in total. The molecule has 2 rings (SSSR count). The molecule has 22 heavy (non-hydrogen) atoms. The van der Waals surface area contributed by atoms with Gasteiger partial charge in [0.05, 0.1) is 20.4 Å². The Kier molecular flexibility index (Phi) is 5.46. The minimum Gasteiger partial charge on any atom is -0.493 e. The molecule has 7 nitrogen and oxygen atoms in total. The van der Waals surface area contributed by atoms with E-state index < -0.39 is 12.4 Å². The summed E-state index contributed by atoms with van der Waals surface area (Å²) in [5.41, 5.74) is 0.831. The van der Waals surface area contributed by atoms with Gasteiger partial charge in [0.1, 0.15) is 0 Å². The van der Waals surface area contributed by atoms with E-state index in [2.05, 4.69) is 5.10 Å². The number of hydrazone groups is 1. The first-order chi connectivity index (χ1) is 10.6. The first kappa shape index (κ1) is 15.9. The number of hydrogen-bond donors (Lipinski definition) is 1. The molecule has 1 saturated heterocycles. The zero-order valence-electron chi connectivity index (χ0n) is 12.7. The molecule has 1 aliphatic heterocycles. The number of carbonyl (C=O) groups is 1. The van der Waals surface area contributed by atoms with Gasteiger partial charge in [-0.3, -0.25) is 5.01 Å². The number of methoxy groups -OCH3 is 2. The Hall–Kier alpha value is -2.44. The summed E-state index contributed by atoms with van der Waals surface area (Å²) in [6.45, 7) is 0.668. The van der Waals surface area contributed by atoms with Gasteiger partial charge in [-0.15, -0.1) is 0 Å². The van der Waals surface area contributed by atoms with E-state index in [0.717, 1.165) is 18.4 Å². The number of hydrogen-bond acceptors (Lipinski definition) is 6. The third-order valence-corrected chi connectivity index (χ3v) is 3.42. The minimum absolute atomic E-state index is 0.525. The lowest BCUT2D eigenvalue weighted by molar-refractivity contribution is -0.0538. The predicted molar refractivity (Wildman–Crippen MR) is 80.6 cm³/mol. The van der Waals surface area contributed by atoms with Gasteiger partial charge in [0.25, 0.3) is 0 Å². The molecule has 0 aliphatic carbocycles. The van der Waals surface area contributed by atoms with Gasteiger partial charge in [0.2, 0.25) is 0 Å². The predicted octanol–water partition coefficient (Wildman–Crippen LogP) is 2.54. The van der Waals surface area contributed by atoms with Crippen molar-refractivity contribution in [3.8, 4) is 11.5 Å². The van der Waals surface area contributed by atoms with Crippen LogP contribution in [0.25, 0.3) is 0 Å². The highest BCUT2D eigenvalue weighted by atomic mass is 16.7. The van der Waals surface area contributed by atoms with Gasteiger partial charge in [-0.1, -0.05) is 0 Å². The Labute approximate surface area is 129 Å². The van der Waals surface area contributed by atoms with E-state index in [-0.39, 0.29) is 0 Å². The van der Waals surface area contributed by atoms with E-state index >= 15 is 0 Å². The van der Waals surface area contributed by atoms with E-state index in [1.807, 2.05) is 6.07 Å². The number of ether oxygens (including phenoxy) is 3. The van der Waals surface area contributed by atoms with Crippen LogP contribution in [0.15, 0.2) is 23.3 Å². The fraction of sp³-hybridized carbons (Fsp3) is 0.467. The van der Waals surface area contributed by atoms with Crippen molar-refractivity contribution >= 4 is 12.4 Å². The number of piperidine rings is 1. The minimum atomic E-state index is -1.28. The van der Waals surface area contributed by atoms with Gasteiger partial charge >= 0.3 is 6.16 Å². The first-order valence-electron chi connectivity index (χ1n) is 7.06. The number of rotatable bonds is 5. The van der Waals surface area contributed by atoms with Crippen molar-refractivity contribution in [1.82, 2.24) is 5.01 Å². The molecule has 1 aromatic carbocycles. The van der Waals surface area contributed by atoms with Crippen LogP contribution in [-0.2, 0) is 4.74 Å². The van der Waals surface area contributed by atoms with E-state index in [9.17, 15) is 4.79 Å². The molecule has 1 aromatic rings. The maximum Gasteiger partial charge on any atom is 0.507 e. The number of nitrogens with zero attached hydrogens (tertiary/aromatic N) is 2. The van der Waals surface area contributed by atoms with Crippen LogP contribution in [0.3, 0.4) is 0 Å². The molecule has 0 radical (unpaired) electrons. The van der Waals surface area contributed by atoms with E-state index in [4.69, 9.17) is 19.3 Å².